The maximum atomic E-state index is 13.3. The number of hydrogen-bond donors (Lipinski definition) is 0. The lowest BCUT2D eigenvalue weighted by molar-refractivity contribution is -0.137. The number of piperidine rings is 1. The Labute approximate surface area is 210 Å². The van der Waals surface area contributed by atoms with E-state index in [2.05, 4.69) is 17.0 Å². The Morgan fingerprint density at radius 1 is 1.03 bits per heavy atom. The van der Waals surface area contributed by atoms with Crippen molar-refractivity contribution in [3.8, 4) is 11.8 Å². The van der Waals surface area contributed by atoms with E-state index >= 15 is 0 Å². The van der Waals surface area contributed by atoms with Crippen LogP contribution in [0.4, 0.5) is 18.9 Å². The third-order valence-electron chi connectivity index (χ3n) is 7.09. The quantitative estimate of drug-likeness (QED) is 0.454. The molecule has 0 unspecified atom stereocenters. The van der Waals surface area contributed by atoms with Gasteiger partial charge in [-0.15, -0.1) is 0 Å². The average Bonchev–Trinajstić information content (AvgIpc) is 2.87. The van der Waals surface area contributed by atoms with Gasteiger partial charge < -0.3 is 19.1 Å². The van der Waals surface area contributed by atoms with Crippen molar-refractivity contribution in [3.05, 3.63) is 59.2 Å². The highest BCUT2D eigenvalue weighted by molar-refractivity contribution is 5.55. The van der Waals surface area contributed by atoms with Gasteiger partial charge >= 0.3 is 6.18 Å². The summed E-state index contributed by atoms with van der Waals surface area (Å²) in [5.74, 6) is 1.69. The molecule has 0 aliphatic carbocycles. The first-order valence-corrected chi connectivity index (χ1v) is 12.2. The summed E-state index contributed by atoms with van der Waals surface area (Å²) < 4.78 is 56.4. The minimum atomic E-state index is -4.54. The number of likely N-dealkylation sites (tertiary alicyclic amines) is 1. The van der Waals surface area contributed by atoms with E-state index in [9.17, 15) is 13.2 Å². The summed E-state index contributed by atoms with van der Waals surface area (Å²) in [7, 11) is 3.29. The van der Waals surface area contributed by atoms with Crippen LogP contribution >= 0.6 is 0 Å². The van der Waals surface area contributed by atoms with Crippen LogP contribution in [0, 0.1) is 17.2 Å². The zero-order valence-corrected chi connectivity index (χ0v) is 20.6. The molecule has 2 fully saturated rings. The number of nitrogens with zero attached hydrogens (tertiary/aromatic N) is 3. The molecular formula is C27H32F3N3O3. The molecule has 4 rings (SSSR count). The maximum absolute atomic E-state index is 13.3. The molecule has 2 aliphatic heterocycles. The van der Waals surface area contributed by atoms with Gasteiger partial charge in [0.1, 0.15) is 5.75 Å². The van der Waals surface area contributed by atoms with Gasteiger partial charge in [-0.05, 0) is 54.7 Å². The molecule has 2 aromatic carbocycles. The van der Waals surface area contributed by atoms with Crippen molar-refractivity contribution in [2.75, 3.05) is 58.5 Å². The molecule has 2 saturated heterocycles. The number of anilines is 1. The SMILES string of the molecule is COC(CN1CC(COc2ccc(C3CCN(c4ccc(C#N)c(C(F)(F)F)c4)CC3)cc2)C1)OC. The molecule has 36 heavy (non-hydrogen) atoms. The third kappa shape index (κ3) is 6.30. The predicted molar refractivity (Wildman–Crippen MR) is 130 cm³/mol. The Kier molecular flexibility index (Phi) is 8.39. The highest BCUT2D eigenvalue weighted by Gasteiger charge is 2.34. The number of methoxy groups -OCH3 is 2. The first-order chi connectivity index (χ1) is 17.3. The van der Waals surface area contributed by atoms with Crippen LogP contribution in [0.15, 0.2) is 42.5 Å². The van der Waals surface area contributed by atoms with Crippen molar-refractivity contribution in [2.45, 2.75) is 31.2 Å². The second-order valence-electron chi connectivity index (χ2n) is 9.47. The monoisotopic (exact) mass is 503 g/mol. The van der Waals surface area contributed by atoms with Crippen LogP contribution in [0.5, 0.6) is 5.75 Å². The number of rotatable bonds is 9. The van der Waals surface area contributed by atoms with E-state index < -0.39 is 11.7 Å². The molecule has 194 valence electrons. The van der Waals surface area contributed by atoms with Crippen molar-refractivity contribution in [3.63, 3.8) is 0 Å². The molecule has 2 heterocycles. The lowest BCUT2D eigenvalue weighted by Gasteiger charge is -2.40. The predicted octanol–water partition coefficient (Wildman–Crippen LogP) is 4.89. The van der Waals surface area contributed by atoms with Gasteiger partial charge in [-0.1, -0.05) is 12.1 Å². The highest BCUT2D eigenvalue weighted by atomic mass is 19.4. The van der Waals surface area contributed by atoms with Crippen LogP contribution in [0.1, 0.15) is 35.4 Å². The molecular weight excluding hydrogens is 471 g/mol. The fraction of sp³-hybridized carbons (Fsp3) is 0.519. The van der Waals surface area contributed by atoms with Crippen molar-refractivity contribution in [1.82, 2.24) is 4.90 Å². The van der Waals surface area contributed by atoms with Gasteiger partial charge in [-0.3, -0.25) is 4.90 Å². The van der Waals surface area contributed by atoms with Gasteiger partial charge in [-0.25, -0.2) is 0 Å². The molecule has 6 nitrogen and oxygen atoms in total. The summed E-state index contributed by atoms with van der Waals surface area (Å²) in [5.41, 5.74) is 0.517. The Morgan fingerprint density at radius 3 is 2.28 bits per heavy atom. The van der Waals surface area contributed by atoms with E-state index in [0.29, 0.717) is 37.2 Å². The Hall–Kier alpha value is -2.80. The average molecular weight is 504 g/mol. The minimum absolute atomic E-state index is 0.201. The number of halogens is 3. The Balaban J connectivity index is 1.24. The highest BCUT2D eigenvalue weighted by Crippen LogP contribution is 2.36. The lowest BCUT2D eigenvalue weighted by Crippen LogP contribution is -2.52. The van der Waals surface area contributed by atoms with Crippen molar-refractivity contribution >= 4 is 5.69 Å². The first kappa shape index (κ1) is 26.3. The van der Waals surface area contributed by atoms with Crippen LogP contribution in [-0.4, -0.2) is 64.7 Å². The molecule has 0 radical (unpaired) electrons. The van der Waals surface area contributed by atoms with Gasteiger partial charge in [0.25, 0.3) is 0 Å². The summed E-state index contributed by atoms with van der Waals surface area (Å²) in [6, 6.07) is 13.8. The van der Waals surface area contributed by atoms with Crippen LogP contribution in [0.25, 0.3) is 0 Å². The molecule has 0 saturated carbocycles. The second-order valence-corrected chi connectivity index (χ2v) is 9.47. The number of hydrogen-bond acceptors (Lipinski definition) is 6. The zero-order valence-electron chi connectivity index (χ0n) is 20.6. The molecule has 0 amide bonds. The van der Waals surface area contributed by atoms with Gasteiger partial charge in [0.15, 0.2) is 6.29 Å². The van der Waals surface area contributed by atoms with E-state index in [1.165, 1.54) is 11.6 Å². The fourth-order valence-electron chi connectivity index (χ4n) is 4.97. The second kappa shape index (κ2) is 11.5. The number of benzene rings is 2. The van der Waals surface area contributed by atoms with Crippen LogP contribution in [-0.2, 0) is 15.7 Å². The van der Waals surface area contributed by atoms with Gasteiger partial charge in [0.05, 0.1) is 23.8 Å². The number of ether oxygens (including phenoxy) is 3. The molecule has 0 N–H and O–H groups in total. The summed E-state index contributed by atoms with van der Waals surface area (Å²) in [4.78, 5) is 4.25. The van der Waals surface area contributed by atoms with E-state index in [4.69, 9.17) is 19.5 Å². The van der Waals surface area contributed by atoms with E-state index in [-0.39, 0.29) is 11.9 Å². The molecule has 0 aromatic heterocycles. The first-order valence-electron chi connectivity index (χ1n) is 12.2. The van der Waals surface area contributed by atoms with Crippen LogP contribution < -0.4 is 9.64 Å². The van der Waals surface area contributed by atoms with Gasteiger partial charge in [-0.2, -0.15) is 18.4 Å². The zero-order chi connectivity index (χ0) is 25.7. The summed E-state index contributed by atoms with van der Waals surface area (Å²) in [6.45, 7) is 4.68. The van der Waals surface area contributed by atoms with E-state index in [1.807, 2.05) is 17.0 Å². The Bertz CT molecular complexity index is 1040. The molecule has 0 bridgehead atoms. The Morgan fingerprint density at radius 2 is 1.69 bits per heavy atom. The van der Waals surface area contributed by atoms with Gasteiger partial charge in [0.2, 0.25) is 0 Å². The summed E-state index contributed by atoms with van der Waals surface area (Å²) in [6.07, 6.45) is -3.04. The fourth-order valence-corrected chi connectivity index (χ4v) is 4.97. The summed E-state index contributed by atoms with van der Waals surface area (Å²) >= 11 is 0. The smallest absolute Gasteiger partial charge is 0.417 e. The molecule has 0 spiro atoms. The number of alkyl halides is 3. The van der Waals surface area contributed by atoms with E-state index in [1.54, 1.807) is 26.4 Å². The van der Waals surface area contributed by atoms with Crippen LogP contribution in [0.2, 0.25) is 0 Å². The minimum Gasteiger partial charge on any atom is -0.493 e. The molecule has 0 atom stereocenters. The molecule has 9 heteroatoms. The van der Waals surface area contributed by atoms with Crippen molar-refractivity contribution in [1.29, 1.82) is 5.26 Å². The van der Waals surface area contributed by atoms with E-state index in [0.717, 1.165) is 44.3 Å². The largest absolute Gasteiger partial charge is 0.493 e. The molecule has 2 aliphatic rings. The van der Waals surface area contributed by atoms with Crippen LogP contribution in [0.3, 0.4) is 0 Å². The lowest BCUT2D eigenvalue weighted by atomic mass is 9.89. The van der Waals surface area contributed by atoms with Crippen molar-refractivity contribution in [2.24, 2.45) is 5.92 Å². The third-order valence-corrected chi connectivity index (χ3v) is 7.09. The number of nitriles is 1. The summed E-state index contributed by atoms with van der Waals surface area (Å²) in [5, 5.41) is 9.01. The standard InChI is InChI=1S/C27H32F3N3O3/c1-34-26(35-2)17-32-15-19(16-32)18-36-24-7-4-20(5-8-24)21-9-11-33(12-10-21)23-6-3-22(14-31)25(13-23)27(28,29)30/h3-8,13,19,21,26H,9-12,15-18H2,1-2H3. The normalized spacial score (nSPS) is 17.8. The maximum Gasteiger partial charge on any atom is 0.417 e. The topological polar surface area (TPSA) is 58.0 Å². The van der Waals surface area contributed by atoms with Gasteiger partial charge in [0, 0.05) is 58.5 Å². The van der Waals surface area contributed by atoms with Crippen molar-refractivity contribution < 1.29 is 27.4 Å². The molecule has 2 aromatic rings.